The Balaban J connectivity index is 2.19. The molecular formula is C14H25N3. The van der Waals surface area contributed by atoms with Gasteiger partial charge in [0.2, 0.25) is 0 Å². The smallest absolute Gasteiger partial charge is 0.0828 e. The van der Waals surface area contributed by atoms with Gasteiger partial charge in [0.1, 0.15) is 0 Å². The van der Waals surface area contributed by atoms with Crippen LogP contribution in [-0.2, 0) is 0 Å². The Bertz CT molecular complexity index is 388. The average Bonchev–Trinajstić information content (AvgIpc) is 3.06. The summed E-state index contributed by atoms with van der Waals surface area (Å²) in [6.07, 6.45) is 3.99. The van der Waals surface area contributed by atoms with Crippen LogP contribution < -0.4 is 5.32 Å². The van der Waals surface area contributed by atoms with Crippen LogP contribution in [0.4, 0.5) is 5.69 Å². The highest BCUT2D eigenvalue weighted by Crippen LogP contribution is 2.36. The summed E-state index contributed by atoms with van der Waals surface area (Å²) in [5, 5.41) is 8.35. The van der Waals surface area contributed by atoms with Crippen molar-refractivity contribution in [1.82, 2.24) is 9.78 Å². The van der Waals surface area contributed by atoms with Crippen molar-refractivity contribution in [2.75, 3.05) is 5.32 Å². The summed E-state index contributed by atoms with van der Waals surface area (Å²) in [7, 11) is 0. The van der Waals surface area contributed by atoms with Gasteiger partial charge in [-0.3, -0.25) is 4.68 Å². The summed E-state index contributed by atoms with van der Waals surface area (Å²) >= 11 is 0. The predicted molar refractivity (Wildman–Crippen MR) is 72.5 cm³/mol. The minimum Gasteiger partial charge on any atom is -0.379 e. The standard InChI is InChI=1S/C14H25N3/c1-6-13(12-7-8-12)15-14-10(4)16-17(9(2)3)11(14)5/h9,12-13,15H,6-8H2,1-5H3. The van der Waals surface area contributed by atoms with Crippen LogP contribution in [0.2, 0.25) is 0 Å². The lowest BCUT2D eigenvalue weighted by atomic mass is 10.1. The predicted octanol–water partition coefficient (Wildman–Crippen LogP) is 3.68. The quantitative estimate of drug-likeness (QED) is 0.843. The zero-order valence-corrected chi connectivity index (χ0v) is 11.7. The molecule has 2 rings (SSSR count). The fourth-order valence-electron chi connectivity index (χ4n) is 2.61. The minimum absolute atomic E-state index is 0.435. The van der Waals surface area contributed by atoms with E-state index >= 15 is 0 Å². The van der Waals surface area contributed by atoms with Crippen LogP contribution in [0.3, 0.4) is 0 Å². The average molecular weight is 235 g/mol. The summed E-state index contributed by atoms with van der Waals surface area (Å²) in [4.78, 5) is 0. The monoisotopic (exact) mass is 235 g/mol. The molecule has 3 nitrogen and oxygen atoms in total. The molecule has 1 aromatic rings. The van der Waals surface area contributed by atoms with E-state index in [-0.39, 0.29) is 0 Å². The largest absolute Gasteiger partial charge is 0.379 e. The maximum Gasteiger partial charge on any atom is 0.0828 e. The zero-order chi connectivity index (χ0) is 12.6. The topological polar surface area (TPSA) is 29.9 Å². The molecule has 1 saturated carbocycles. The van der Waals surface area contributed by atoms with Crippen LogP contribution in [0, 0.1) is 19.8 Å². The third-order valence-corrected chi connectivity index (χ3v) is 3.77. The molecule has 1 atom stereocenters. The second kappa shape index (κ2) is 4.71. The van der Waals surface area contributed by atoms with E-state index in [1.54, 1.807) is 0 Å². The molecule has 0 radical (unpaired) electrons. The molecular weight excluding hydrogens is 210 g/mol. The maximum atomic E-state index is 4.63. The number of hydrogen-bond donors (Lipinski definition) is 1. The van der Waals surface area contributed by atoms with E-state index < -0.39 is 0 Å². The number of hydrogen-bond acceptors (Lipinski definition) is 2. The van der Waals surface area contributed by atoms with Gasteiger partial charge in [0.05, 0.1) is 17.1 Å². The fourth-order valence-corrected chi connectivity index (χ4v) is 2.61. The number of aryl methyl sites for hydroxylation is 1. The van der Waals surface area contributed by atoms with E-state index in [0.29, 0.717) is 12.1 Å². The van der Waals surface area contributed by atoms with E-state index in [4.69, 9.17) is 0 Å². The van der Waals surface area contributed by atoms with Crippen molar-refractivity contribution in [3.63, 3.8) is 0 Å². The second-order valence-corrected chi connectivity index (χ2v) is 5.58. The van der Waals surface area contributed by atoms with Crippen molar-refractivity contribution in [2.24, 2.45) is 5.92 Å². The normalized spacial score (nSPS) is 17.5. The molecule has 1 N–H and O–H groups in total. The van der Waals surface area contributed by atoms with Gasteiger partial charge in [-0.05, 0) is 52.9 Å². The second-order valence-electron chi connectivity index (χ2n) is 5.58. The molecule has 3 heteroatoms. The molecule has 1 heterocycles. The Morgan fingerprint density at radius 1 is 1.35 bits per heavy atom. The van der Waals surface area contributed by atoms with Gasteiger partial charge in [-0.15, -0.1) is 0 Å². The number of nitrogens with zero attached hydrogens (tertiary/aromatic N) is 2. The number of aromatic nitrogens is 2. The Morgan fingerprint density at radius 3 is 2.41 bits per heavy atom. The Hall–Kier alpha value is -0.990. The zero-order valence-electron chi connectivity index (χ0n) is 11.7. The number of rotatable bonds is 5. The third-order valence-electron chi connectivity index (χ3n) is 3.77. The van der Waals surface area contributed by atoms with Gasteiger partial charge >= 0.3 is 0 Å². The lowest BCUT2D eigenvalue weighted by molar-refractivity contribution is 0.516. The lowest BCUT2D eigenvalue weighted by Crippen LogP contribution is -2.21. The van der Waals surface area contributed by atoms with Gasteiger partial charge in [0.15, 0.2) is 0 Å². The van der Waals surface area contributed by atoms with E-state index in [9.17, 15) is 0 Å². The maximum absolute atomic E-state index is 4.63. The molecule has 0 aromatic carbocycles. The van der Waals surface area contributed by atoms with Gasteiger partial charge in [0, 0.05) is 12.1 Å². The first-order chi connectivity index (χ1) is 8.04. The molecule has 1 fully saturated rings. The highest BCUT2D eigenvalue weighted by atomic mass is 15.3. The van der Waals surface area contributed by atoms with Crippen LogP contribution >= 0.6 is 0 Å². The first-order valence-electron chi connectivity index (χ1n) is 6.86. The molecule has 0 spiro atoms. The van der Waals surface area contributed by atoms with Crippen molar-refractivity contribution >= 4 is 5.69 Å². The van der Waals surface area contributed by atoms with Crippen molar-refractivity contribution in [2.45, 2.75) is 66.0 Å². The highest BCUT2D eigenvalue weighted by Gasteiger charge is 2.30. The summed E-state index contributed by atoms with van der Waals surface area (Å²) < 4.78 is 2.12. The molecule has 17 heavy (non-hydrogen) atoms. The lowest BCUT2D eigenvalue weighted by Gasteiger charge is -2.18. The van der Waals surface area contributed by atoms with Gasteiger partial charge in [-0.1, -0.05) is 6.92 Å². The molecule has 1 aromatic heterocycles. The van der Waals surface area contributed by atoms with Gasteiger partial charge in [0.25, 0.3) is 0 Å². The molecule has 1 unspecified atom stereocenters. The van der Waals surface area contributed by atoms with Crippen LogP contribution in [0.1, 0.15) is 57.5 Å². The molecule has 0 saturated heterocycles. The van der Waals surface area contributed by atoms with E-state index in [1.807, 2.05) is 0 Å². The summed E-state index contributed by atoms with van der Waals surface area (Å²) in [6, 6.07) is 1.07. The van der Waals surface area contributed by atoms with Gasteiger partial charge < -0.3 is 5.32 Å². The fraction of sp³-hybridized carbons (Fsp3) is 0.786. The Labute approximate surface area is 105 Å². The molecule has 1 aliphatic carbocycles. The molecule has 0 bridgehead atoms. The third kappa shape index (κ3) is 2.48. The molecule has 1 aliphatic rings. The van der Waals surface area contributed by atoms with Crippen LogP contribution in [0.15, 0.2) is 0 Å². The van der Waals surface area contributed by atoms with E-state index in [0.717, 1.165) is 11.6 Å². The summed E-state index contributed by atoms with van der Waals surface area (Å²) in [5.41, 5.74) is 3.67. The molecule has 0 aliphatic heterocycles. The van der Waals surface area contributed by atoms with Gasteiger partial charge in [-0.25, -0.2) is 0 Å². The van der Waals surface area contributed by atoms with E-state index in [1.165, 1.54) is 30.6 Å². The SMILES string of the molecule is CCC(Nc1c(C)nn(C(C)C)c1C)C1CC1. The Morgan fingerprint density at radius 2 is 2.00 bits per heavy atom. The van der Waals surface area contributed by atoms with E-state index in [2.05, 4.69) is 49.7 Å². The van der Waals surface area contributed by atoms with Gasteiger partial charge in [-0.2, -0.15) is 5.10 Å². The van der Waals surface area contributed by atoms with Crippen LogP contribution in [-0.4, -0.2) is 15.8 Å². The highest BCUT2D eigenvalue weighted by molar-refractivity contribution is 5.53. The number of anilines is 1. The van der Waals surface area contributed by atoms with Crippen LogP contribution in [0.5, 0.6) is 0 Å². The first-order valence-corrected chi connectivity index (χ1v) is 6.86. The summed E-state index contributed by atoms with van der Waals surface area (Å²) in [6.45, 7) is 10.9. The first kappa shape index (κ1) is 12.5. The van der Waals surface area contributed by atoms with Crippen LogP contribution in [0.25, 0.3) is 0 Å². The Kier molecular flexibility index (Phi) is 3.45. The summed E-state index contributed by atoms with van der Waals surface area (Å²) in [5.74, 6) is 0.890. The number of nitrogens with one attached hydrogen (secondary N) is 1. The molecule has 96 valence electrons. The van der Waals surface area contributed by atoms with Crippen molar-refractivity contribution in [3.8, 4) is 0 Å². The minimum atomic E-state index is 0.435. The van der Waals surface area contributed by atoms with Crippen molar-refractivity contribution in [3.05, 3.63) is 11.4 Å². The van der Waals surface area contributed by atoms with Crippen molar-refractivity contribution in [1.29, 1.82) is 0 Å². The molecule has 0 amide bonds. The van der Waals surface area contributed by atoms with Crippen molar-refractivity contribution < 1.29 is 0 Å².